The molecule has 0 radical (unpaired) electrons. The summed E-state index contributed by atoms with van der Waals surface area (Å²) < 4.78 is 0. The Kier molecular flexibility index (Phi) is 3.64. The van der Waals surface area contributed by atoms with Gasteiger partial charge < -0.3 is 10.6 Å². The number of hydrogen-bond acceptors (Lipinski definition) is 2. The summed E-state index contributed by atoms with van der Waals surface area (Å²) in [5.41, 5.74) is 3.50. The van der Waals surface area contributed by atoms with E-state index in [1.54, 1.807) is 0 Å². The Bertz CT molecular complexity index is 963. The molecule has 2 amide bonds. The zero-order valence-corrected chi connectivity index (χ0v) is 15.4. The Balaban J connectivity index is 1.39. The lowest BCUT2D eigenvalue weighted by Crippen LogP contribution is -2.71. The van der Waals surface area contributed by atoms with Crippen molar-refractivity contribution < 1.29 is 9.59 Å². The molecular weight excluding hydrogens is 336 g/mol. The van der Waals surface area contributed by atoms with Gasteiger partial charge in [0.05, 0.1) is 0 Å². The molecule has 3 aliphatic rings. The van der Waals surface area contributed by atoms with Gasteiger partial charge in [-0.05, 0) is 66.1 Å². The highest BCUT2D eigenvalue weighted by Crippen LogP contribution is 2.56. The van der Waals surface area contributed by atoms with Gasteiger partial charge >= 0.3 is 0 Å². The molecule has 2 saturated carbocycles. The van der Waals surface area contributed by atoms with Crippen molar-refractivity contribution >= 4 is 22.6 Å². The maximum absolute atomic E-state index is 13.1. The molecule has 2 N–H and O–H groups in total. The number of amides is 2. The van der Waals surface area contributed by atoms with Gasteiger partial charge in [0.15, 0.2) is 0 Å². The summed E-state index contributed by atoms with van der Waals surface area (Å²) in [5, 5.41) is 8.67. The van der Waals surface area contributed by atoms with Crippen LogP contribution in [-0.2, 0) is 17.6 Å². The number of aryl methyl sites for hydroxylation is 2. The van der Waals surface area contributed by atoms with Crippen molar-refractivity contribution in [3.05, 3.63) is 59.7 Å². The predicted octanol–water partition coefficient (Wildman–Crippen LogP) is 3.28. The van der Waals surface area contributed by atoms with Crippen molar-refractivity contribution in [2.24, 2.45) is 5.41 Å². The molecule has 4 nitrogen and oxygen atoms in total. The molecule has 2 atom stereocenters. The van der Waals surface area contributed by atoms with Crippen LogP contribution in [0.5, 0.6) is 0 Å². The summed E-state index contributed by atoms with van der Waals surface area (Å²) in [7, 11) is 0. The van der Waals surface area contributed by atoms with Crippen LogP contribution in [-0.4, -0.2) is 23.9 Å². The highest BCUT2D eigenvalue weighted by atomic mass is 16.2. The van der Waals surface area contributed by atoms with E-state index in [2.05, 4.69) is 41.5 Å². The van der Waals surface area contributed by atoms with Crippen LogP contribution in [0.2, 0.25) is 0 Å². The first-order valence-electron chi connectivity index (χ1n) is 9.90. The van der Waals surface area contributed by atoms with E-state index in [1.807, 2.05) is 6.07 Å². The molecule has 2 aromatic rings. The van der Waals surface area contributed by atoms with Gasteiger partial charge in [-0.25, -0.2) is 0 Å². The van der Waals surface area contributed by atoms with Crippen LogP contribution in [0.15, 0.2) is 43.0 Å². The molecule has 4 heteroatoms. The quantitative estimate of drug-likeness (QED) is 0.822. The average molecular weight is 360 g/mol. The Labute approximate surface area is 159 Å². The van der Waals surface area contributed by atoms with Crippen molar-refractivity contribution in [1.82, 2.24) is 10.6 Å². The molecule has 2 fully saturated rings. The Hall–Kier alpha value is -2.62. The Morgan fingerprint density at radius 1 is 1.04 bits per heavy atom. The van der Waals surface area contributed by atoms with E-state index in [1.165, 1.54) is 22.6 Å². The molecule has 27 heavy (non-hydrogen) atoms. The van der Waals surface area contributed by atoms with E-state index in [-0.39, 0.29) is 29.3 Å². The van der Waals surface area contributed by atoms with Gasteiger partial charge in [-0.1, -0.05) is 37.3 Å². The molecular formula is C23H24N2O2. The lowest BCUT2D eigenvalue weighted by molar-refractivity contribution is -0.123. The van der Waals surface area contributed by atoms with Crippen LogP contribution < -0.4 is 10.6 Å². The summed E-state index contributed by atoms with van der Waals surface area (Å²) >= 11 is 0. The molecule has 0 aliphatic heterocycles. The topological polar surface area (TPSA) is 58.2 Å². The van der Waals surface area contributed by atoms with E-state index in [9.17, 15) is 9.59 Å². The van der Waals surface area contributed by atoms with Gasteiger partial charge in [0, 0.05) is 23.1 Å². The molecule has 138 valence electrons. The third-order valence-corrected chi connectivity index (χ3v) is 7.07. The normalized spacial score (nSPS) is 24.1. The number of rotatable bonds is 4. The highest BCUT2D eigenvalue weighted by Gasteiger charge is 2.59. The highest BCUT2D eigenvalue weighted by molar-refractivity contribution is 6.09. The second-order valence-electron chi connectivity index (χ2n) is 8.23. The number of carbonyl (C=O) groups is 2. The lowest BCUT2D eigenvalue weighted by atomic mass is 9.49. The predicted molar refractivity (Wildman–Crippen MR) is 106 cm³/mol. The van der Waals surface area contributed by atoms with E-state index >= 15 is 0 Å². The van der Waals surface area contributed by atoms with Crippen molar-refractivity contribution in [2.45, 2.75) is 50.6 Å². The summed E-state index contributed by atoms with van der Waals surface area (Å²) in [6, 6.07) is 10.7. The van der Waals surface area contributed by atoms with Crippen molar-refractivity contribution in [2.75, 3.05) is 0 Å². The second-order valence-corrected chi connectivity index (χ2v) is 8.23. The van der Waals surface area contributed by atoms with Gasteiger partial charge in [0.2, 0.25) is 5.91 Å². The van der Waals surface area contributed by atoms with Crippen molar-refractivity contribution in [1.29, 1.82) is 0 Å². The molecule has 1 spiro atoms. The first-order chi connectivity index (χ1) is 13.1. The van der Waals surface area contributed by atoms with Crippen LogP contribution >= 0.6 is 0 Å². The van der Waals surface area contributed by atoms with Gasteiger partial charge in [-0.2, -0.15) is 0 Å². The fraction of sp³-hybridized carbons (Fsp3) is 0.391. The first-order valence-corrected chi connectivity index (χ1v) is 9.90. The third kappa shape index (κ3) is 2.35. The summed E-state index contributed by atoms with van der Waals surface area (Å²) in [4.78, 5) is 24.8. The lowest BCUT2D eigenvalue weighted by Gasteiger charge is -2.61. The van der Waals surface area contributed by atoms with Gasteiger partial charge in [-0.3, -0.25) is 9.59 Å². The van der Waals surface area contributed by atoms with Crippen LogP contribution in [0.4, 0.5) is 0 Å². The molecule has 2 aromatic carbocycles. The Morgan fingerprint density at radius 3 is 2.48 bits per heavy atom. The van der Waals surface area contributed by atoms with Crippen molar-refractivity contribution in [3.8, 4) is 0 Å². The largest absolute Gasteiger partial charge is 0.349 e. The molecule has 0 aromatic heterocycles. The molecule has 0 heterocycles. The minimum Gasteiger partial charge on any atom is -0.349 e. The summed E-state index contributed by atoms with van der Waals surface area (Å²) in [5.74, 6) is -0.112. The number of nitrogens with one attached hydrogen (secondary N) is 2. The molecule has 2 unspecified atom stereocenters. The van der Waals surface area contributed by atoms with E-state index in [4.69, 9.17) is 0 Å². The molecule has 0 bridgehead atoms. The second kappa shape index (κ2) is 5.95. The third-order valence-electron chi connectivity index (χ3n) is 7.07. The maximum Gasteiger partial charge on any atom is 0.252 e. The van der Waals surface area contributed by atoms with Crippen LogP contribution in [0.1, 0.15) is 47.2 Å². The fourth-order valence-corrected chi connectivity index (χ4v) is 5.39. The van der Waals surface area contributed by atoms with E-state index < -0.39 is 0 Å². The maximum atomic E-state index is 13.1. The molecule has 0 saturated heterocycles. The summed E-state index contributed by atoms with van der Waals surface area (Å²) in [6.45, 7) is 3.54. The van der Waals surface area contributed by atoms with Crippen LogP contribution in [0.25, 0.3) is 10.8 Å². The summed E-state index contributed by atoms with van der Waals surface area (Å²) in [6.07, 6.45) is 7.53. The van der Waals surface area contributed by atoms with Crippen molar-refractivity contribution in [3.63, 3.8) is 0 Å². The zero-order chi connectivity index (χ0) is 18.6. The minimum absolute atomic E-state index is 0.00960. The minimum atomic E-state index is -0.122. The standard InChI is InChI=1S/C23H24N2O2/c1-2-20(26)24-18-13-19(23(18)11-4-12-23)25-22(27)17-10-9-15-8-7-14-5-3-6-16(17)21(14)15/h2-3,5-6,9-10,18-19H,1,4,7-8,11-13H2,(H,24,26)(H,25,27). The molecule has 3 aliphatic carbocycles. The van der Waals surface area contributed by atoms with Gasteiger partial charge in [-0.15, -0.1) is 0 Å². The average Bonchev–Trinajstić information content (AvgIpc) is 3.04. The Morgan fingerprint density at radius 2 is 1.78 bits per heavy atom. The van der Waals surface area contributed by atoms with E-state index in [0.717, 1.165) is 49.5 Å². The van der Waals surface area contributed by atoms with E-state index in [0.29, 0.717) is 0 Å². The van der Waals surface area contributed by atoms with Crippen LogP contribution in [0.3, 0.4) is 0 Å². The number of hydrogen-bond donors (Lipinski definition) is 2. The number of carbonyl (C=O) groups excluding carboxylic acids is 2. The zero-order valence-electron chi connectivity index (χ0n) is 15.4. The van der Waals surface area contributed by atoms with Gasteiger partial charge in [0.25, 0.3) is 5.91 Å². The monoisotopic (exact) mass is 360 g/mol. The van der Waals surface area contributed by atoms with Crippen LogP contribution in [0, 0.1) is 5.41 Å². The fourth-order valence-electron chi connectivity index (χ4n) is 5.39. The number of benzene rings is 2. The first kappa shape index (κ1) is 16.5. The smallest absolute Gasteiger partial charge is 0.252 e. The van der Waals surface area contributed by atoms with Gasteiger partial charge in [0.1, 0.15) is 0 Å². The SMILES string of the molecule is C=CC(=O)NC1CC(NC(=O)c2ccc3c4c(cccc24)CC3)C12CCC2. The molecule has 5 rings (SSSR count).